The molecular weight excluding hydrogens is 306 g/mol. The molecule has 1 aliphatic heterocycles. The van der Waals surface area contributed by atoms with Crippen molar-refractivity contribution in [3.8, 4) is 0 Å². The average molecular weight is 326 g/mol. The largest absolute Gasteiger partial charge is 0.341 e. The average Bonchev–Trinajstić information content (AvgIpc) is 2.27. The van der Waals surface area contributed by atoms with Crippen LogP contribution in [-0.4, -0.2) is 48.6 Å². The molecule has 1 unspecified atom stereocenters. The van der Waals surface area contributed by atoms with E-state index < -0.39 is 15.1 Å². The highest BCUT2D eigenvalue weighted by molar-refractivity contribution is 9.09. The van der Waals surface area contributed by atoms with E-state index in [4.69, 9.17) is 0 Å². The molecule has 17 heavy (non-hydrogen) atoms. The van der Waals surface area contributed by atoms with Gasteiger partial charge in [0.2, 0.25) is 5.91 Å². The summed E-state index contributed by atoms with van der Waals surface area (Å²) >= 11 is 3.30. The Bertz CT molecular complexity index is 350. The minimum atomic E-state index is -3.21. The molecule has 1 atom stereocenters. The van der Waals surface area contributed by atoms with Crippen LogP contribution in [0.5, 0.6) is 0 Å². The number of carbonyl (C=O) groups excluding carboxylic acids is 1. The van der Waals surface area contributed by atoms with E-state index in [9.17, 15) is 13.2 Å². The first kappa shape index (κ1) is 15.0. The molecule has 0 aromatic carbocycles. The maximum atomic E-state index is 12.2. The number of nitrogens with zero attached hydrogens (tertiary/aromatic N) is 1. The van der Waals surface area contributed by atoms with Gasteiger partial charge < -0.3 is 4.90 Å². The van der Waals surface area contributed by atoms with Gasteiger partial charge in [-0.25, -0.2) is 8.42 Å². The van der Waals surface area contributed by atoms with Crippen LogP contribution in [0.25, 0.3) is 0 Å². The summed E-state index contributed by atoms with van der Waals surface area (Å²) in [5.74, 6) is -0.0384. The first-order chi connectivity index (χ1) is 8.03. The van der Waals surface area contributed by atoms with E-state index in [0.29, 0.717) is 31.3 Å². The van der Waals surface area contributed by atoms with Crippen LogP contribution in [0.1, 0.15) is 32.6 Å². The highest BCUT2D eigenvalue weighted by atomic mass is 79.9. The zero-order valence-corrected chi connectivity index (χ0v) is 12.6. The van der Waals surface area contributed by atoms with Crippen molar-refractivity contribution in [3.05, 3.63) is 0 Å². The number of amides is 1. The predicted octanol–water partition coefficient (Wildman–Crippen LogP) is 1.59. The molecule has 1 amide bonds. The number of carbonyl (C=O) groups is 1. The Morgan fingerprint density at radius 2 is 2.06 bits per heavy atom. The summed E-state index contributed by atoms with van der Waals surface area (Å²) in [4.78, 5) is 13.9. The first-order valence-corrected chi connectivity index (χ1v) is 8.93. The Labute approximate surface area is 112 Å². The molecule has 0 spiro atoms. The van der Waals surface area contributed by atoms with Gasteiger partial charge in [-0.2, -0.15) is 0 Å². The monoisotopic (exact) mass is 325 g/mol. The lowest BCUT2D eigenvalue weighted by Gasteiger charge is -2.28. The van der Waals surface area contributed by atoms with Crippen molar-refractivity contribution in [2.75, 3.05) is 24.2 Å². The molecule has 0 N–H and O–H groups in total. The Balaban J connectivity index is 2.78. The molecule has 100 valence electrons. The van der Waals surface area contributed by atoms with Gasteiger partial charge >= 0.3 is 0 Å². The zero-order chi connectivity index (χ0) is 12.9. The van der Waals surface area contributed by atoms with Crippen LogP contribution in [0.4, 0.5) is 0 Å². The maximum Gasteiger partial charge on any atom is 0.240 e. The van der Waals surface area contributed by atoms with Gasteiger partial charge in [-0.15, -0.1) is 0 Å². The molecule has 0 aromatic heterocycles. The van der Waals surface area contributed by atoms with Crippen LogP contribution < -0.4 is 0 Å². The predicted molar refractivity (Wildman–Crippen MR) is 72.1 cm³/mol. The van der Waals surface area contributed by atoms with Crippen LogP contribution in [-0.2, 0) is 14.6 Å². The van der Waals surface area contributed by atoms with Gasteiger partial charge in [0.1, 0.15) is 5.25 Å². The van der Waals surface area contributed by atoms with Gasteiger partial charge in [-0.1, -0.05) is 29.3 Å². The van der Waals surface area contributed by atoms with Crippen LogP contribution >= 0.6 is 15.9 Å². The van der Waals surface area contributed by atoms with Gasteiger partial charge in [-0.3, -0.25) is 4.79 Å². The molecule has 0 radical (unpaired) electrons. The minimum Gasteiger partial charge on any atom is -0.341 e. The lowest BCUT2D eigenvalue weighted by atomic mass is 10.1. The number of hydrogen-bond donors (Lipinski definition) is 0. The van der Waals surface area contributed by atoms with Crippen molar-refractivity contribution in [1.29, 1.82) is 0 Å². The lowest BCUT2D eigenvalue weighted by molar-refractivity contribution is -0.130. The SMILES string of the molecule is CCCN(CCBr)C(=O)C1CCCCS1(=O)=O. The number of halogens is 1. The summed E-state index contributed by atoms with van der Waals surface area (Å²) < 4.78 is 23.8. The summed E-state index contributed by atoms with van der Waals surface area (Å²) in [6, 6.07) is 0. The van der Waals surface area contributed by atoms with Crippen LogP contribution in [0.3, 0.4) is 0 Å². The number of hydrogen-bond acceptors (Lipinski definition) is 3. The number of rotatable bonds is 5. The van der Waals surface area contributed by atoms with Crippen molar-refractivity contribution < 1.29 is 13.2 Å². The topological polar surface area (TPSA) is 54.5 Å². The van der Waals surface area contributed by atoms with E-state index in [0.717, 1.165) is 12.8 Å². The van der Waals surface area contributed by atoms with Crippen LogP contribution in [0.15, 0.2) is 0 Å². The molecule has 0 aliphatic carbocycles. The highest BCUT2D eigenvalue weighted by Crippen LogP contribution is 2.21. The van der Waals surface area contributed by atoms with Crippen LogP contribution in [0.2, 0.25) is 0 Å². The standard InChI is InChI=1S/C11H20BrNO3S/c1-2-7-13(8-6-12)11(14)10-5-3-4-9-17(10,15)16/h10H,2-9H2,1H3. The van der Waals surface area contributed by atoms with Gasteiger partial charge in [0.05, 0.1) is 5.75 Å². The van der Waals surface area contributed by atoms with Crippen molar-refractivity contribution in [2.45, 2.75) is 37.9 Å². The fourth-order valence-electron chi connectivity index (χ4n) is 2.14. The third kappa shape index (κ3) is 3.95. The third-order valence-electron chi connectivity index (χ3n) is 3.01. The van der Waals surface area contributed by atoms with Crippen molar-refractivity contribution in [2.24, 2.45) is 0 Å². The van der Waals surface area contributed by atoms with E-state index in [2.05, 4.69) is 15.9 Å². The van der Waals surface area contributed by atoms with Gasteiger partial charge in [0.25, 0.3) is 0 Å². The van der Waals surface area contributed by atoms with E-state index >= 15 is 0 Å². The van der Waals surface area contributed by atoms with E-state index in [1.165, 1.54) is 0 Å². The Morgan fingerprint density at radius 1 is 1.35 bits per heavy atom. The van der Waals surface area contributed by atoms with Crippen LogP contribution in [0, 0.1) is 0 Å². The smallest absolute Gasteiger partial charge is 0.240 e. The van der Waals surface area contributed by atoms with Crippen molar-refractivity contribution in [1.82, 2.24) is 4.90 Å². The zero-order valence-electron chi connectivity index (χ0n) is 10.2. The summed E-state index contributed by atoms with van der Waals surface area (Å²) in [7, 11) is -3.21. The molecule has 1 aliphatic rings. The second-order valence-corrected chi connectivity index (χ2v) is 7.46. The summed E-state index contributed by atoms with van der Waals surface area (Å²) in [5.41, 5.74) is 0. The molecule has 0 bridgehead atoms. The van der Waals surface area contributed by atoms with Crippen molar-refractivity contribution in [3.63, 3.8) is 0 Å². The summed E-state index contributed by atoms with van der Waals surface area (Å²) in [6.45, 7) is 3.21. The lowest BCUT2D eigenvalue weighted by Crippen LogP contribution is -2.46. The Kier molecular flexibility index (Phi) is 5.92. The second-order valence-electron chi connectivity index (χ2n) is 4.37. The number of sulfone groups is 1. The third-order valence-corrected chi connectivity index (χ3v) is 5.53. The second kappa shape index (κ2) is 6.73. The summed E-state index contributed by atoms with van der Waals surface area (Å²) in [5, 5.41) is -0.104. The molecule has 0 aromatic rings. The normalized spacial score (nSPS) is 23.3. The Morgan fingerprint density at radius 3 is 2.59 bits per heavy atom. The maximum absolute atomic E-state index is 12.2. The quantitative estimate of drug-likeness (QED) is 0.721. The molecule has 6 heteroatoms. The fourth-order valence-corrected chi connectivity index (χ4v) is 4.44. The van der Waals surface area contributed by atoms with Gasteiger partial charge in [-0.05, 0) is 19.3 Å². The van der Waals surface area contributed by atoms with Crippen molar-refractivity contribution >= 4 is 31.7 Å². The molecular formula is C11H20BrNO3S. The highest BCUT2D eigenvalue weighted by Gasteiger charge is 2.36. The first-order valence-electron chi connectivity index (χ1n) is 6.09. The van der Waals surface area contributed by atoms with E-state index in [-0.39, 0.29) is 11.7 Å². The van der Waals surface area contributed by atoms with E-state index in [1.807, 2.05) is 6.92 Å². The fraction of sp³-hybridized carbons (Fsp3) is 0.909. The molecule has 1 saturated heterocycles. The van der Waals surface area contributed by atoms with Gasteiger partial charge in [0, 0.05) is 18.4 Å². The van der Waals surface area contributed by atoms with Gasteiger partial charge in [0.15, 0.2) is 9.84 Å². The molecule has 1 rings (SSSR count). The number of alkyl halides is 1. The molecule has 4 nitrogen and oxygen atoms in total. The Hall–Kier alpha value is -0.100. The molecule has 1 heterocycles. The minimum absolute atomic E-state index is 0.164. The molecule has 0 saturated carbocycles. The van der Waals surface area contributed by atoms with E-state index in [1.54, 1.807) is 4.90 Å². The summed E-state index contributed by atoms with van der Waals surface area (Å²) in [6.07, 6.45) is 2.87. The molecule has 1 fully saturated rings.